The summed E-state index contributed by atoms with van der Waals surface area (Å²) in [5.74, 6) is 1.97. The molecule has 0 unspecified atom stereocenters. The van der Waals surface area contributed by atoms with Crippen molar-refractivity contribution >= 4 is 22.8 Å². The topological polar surface area (TPSA) is 78.8 Å². The maximum absolute atomic E-state index is 12.5. The van der Waals surface area contributed by atoms with E-state index in [9.17, 15) is 4.79 Å². The Kier molecular flexibility index (Phi) is 4.97. The number of H-pyrrole nitrogens is 1. The molecule has 0 atom stereocenters. The van der Waals surface area contributed by atoms with Gasteiger partial charge in [0, 0.05) is 38.8 Å². The fourth-order valence-electron chi connectivity index (χ4n) is 3.80. The lowest BCUT2D eigenvalue weighted by atomic mass is 10.2. The zero-order chi connectivity index (χ0) is 20.5. The lowest BCUT2D eigenvalue weighted by Crippen LogP contribution is -2.46. The Morgan fingerprint density at radius 1 is 1.10 bits per heavy atom. The molecule has 1 aliphatic heterocycles. The van der Waals surface area contributed by atoms with Gasteiger partial charge in [0.15, 0.2) is 5.82 Å². The molecule has 1 saturated heterocycles. The number of hydrogen-bond donors (Lipinski definition) is 1. The van der Waals surface area contributed by atoms with Crippen molar-refractivity contribution in [2.45, 2.75) is 6.54 Å². The third kappa shape index (κ3) is 3.57. The fourth-order valence-corrected chi connectivity index (χ4v) is 4.46. The monoisotopic (exact) mass is 422 g/mol. The number of anilines is 1. The molecule has 1 aliphatic rings. The number of nitrogens with zero attached hydrogens (tertiary/aromatic N) is 5. The van der Waals surface area contributed by atoms with E-state index in [1.165, 1.54) is 4.52 Å². The Labute approximate surface area is 177 Å². The number of aromatic nitrogens is 4. The molecule has 0 amide bonds. The molecule has 0 spiro atoms. The van der Waals surface area contributed by atoms with Crippen molar-refractivity contribution in [3.8, 4) is 16.5 Å². The van der Waals surface area contributed by atoms with Gasteiger partial charge in [-0.25, -0.2) is 4.98 Å². The smallest absolute Gasteiger partial charge is 0.274 e. The lowest BCUT2D eigenvalue weighted by Gasteiger charge is -2.36. The average Bonchev–Trinajstić information content (AvgIpc) is 3.44. The van der Waals surface area contributed by atoms with Gasteiger partial charge in [0.2, 0.25) is 0 Å². The zero-order valence-electron chi connectivity index (χ0n) is 16.6. The van der Waals surface area contributed by atoms with Gasteiger partial charge in [0.25, 0.3) is 11.3 Å². The molecule has 0 saturated carbocycles. The van der Waals surface area contributed by atoms with Crippen molar-refractivity contribution in [2.75, 3.05) is 38.2 Å². The van der Waals surface area contributed by atoms with Crippen molar-refractivity contribution in [1.82, 2.24) is 24.5 Å². The quantitative estimate of drug-likeness (QED) is 0.532. The summed E-state index contributed by atoms with van der Waals surface area (Å²) >= 11 is 1.57. The summed E-state index contributed by atoms with van der Waals surface area (Å²) < 4.78 is 6.89. The fraction of sp³-hybridized carbons (Fsp3) is 0.286. The second-order valence-electron chi connectivity index (χ2n) is 7.21. The third-order valence-corrected chi connectivity index (χ3v) is 6.20. The molecule has 3 aromatic heterocycles. The number of para-hydroxylation sites is 2. The molecule has 30 heavy (non-hydrogen) atoms. The summed E-state index contributed by atoms with van der Waals surface area (Å²) in [4.78, 5) is 27.3. The van der Waals surface area contributed by atoms with Crippen LogP contribution in [0.25, 0.3) is 16.5 Å². The molecular formula is C21H22N6O2S. The van der Waals surface area contributed by atoms with Crippen LogP contribution in [-0.2, 0) is 6.54 Å². The summed E-state index contributed by atoms with van der Waals surface area (Å²) in [5, 5.41) is 5.02. The molecule has 5 rings (SSSR count). The highest BCUT2D eigenvalue weighted by Crippen LogP contribution is 2.28. The van der Waals surface area contributed by atoms with Gasteiger partial charge < -0.3 is 9.64 Å². The number of piperazine rings is 1. The molecule has 9 heteroatoms. The molecule has 0 aliphatic carbocycles. The van der Waals surface area contributed by atoms with Crippen LogP contribution < -0.4 is 15.2 Å². The molecule has 154 valence electrons. The van der Waals surface area contributed by atoms with Gasteiger partial charge in [0.1, 0.15) is 5.75 Å². The van der Waals surface area contributed by atoms with Crippen LogP contribution in [0.1, 0.15) is 5.69 Å². The van der Waals surface area contributed by atoms with Crippen LogP contribution in [0.3, 0.4) is 0 Å². The predicted octanol–water partition coefficient (Wildman–Crippen LogP) is 2.48. The number of rotatable bonds is 5. The summed E-state index contributed by atoms with van der Waals surface area (Å²) in [7, 11) is 1.70. The highest BCUT2D eigenvalue weighted by molar-refractivity contribution is 7.13. The highest BCUT2D eigenvalue weighted by Gasteiger charge is 2.20. The first kappa shape index (κ1) is 18.8. The van der Waals surface area contributed by atoms with Crippen LogP contribution in [0.4, 0.5) is 5.69 Å². The van der Waals surface area contributed by atoms with E-state index in [0.717, 1.165) is 48.2 Å². The second kappa shape index (κ2) is 7.92. The number of fused-ring (bicyclic) bond motifs is 1. The zero-order valence-corrected chi connectivity index (χ0v) is 17.4. The van der Waals surface area contributed by atoms with Crippen molar-refractivity contribution in [2.24, 2.45) is 0 Å². The second-order valence-corrected chi connectivity index (χ2v) is 8.15. The van der Waals surface area contributed by atoms with Crippen LogP contribution in [0.2, 0.25) is 0 Å². The molecule has 1 aromatic carbocycles. The Bertz CT molecular complexity index is 1210. The maximum atomic E-state index is 12.5. The van der Waals surface area contributed by atoms with Gasteiger partial charge in [0.05, 0.1) is 23.4 Å². The van der Waals surface area contributed by atoms with Crippen LogP contribution in [0, 0.1) is 0 Å². The van der Waals surface area contributed by atoms with Crippen molar-refractivity contribution in [1.29, 1.82) is 0 Å². The minimum Gasteiger partial charge on any atom is -0.495 e. The van der Waals surface area contributed by atoms with E-state index >= 15 is 0 Å². The van der Waals surface area contributed by atoms with E-state index < -0.39 is 0 Å². The number of hydrogen-bond acceptors (Lipinski definition) is 7. The summed E-state index contributed by atoms with van der Waals surface area (Å²) in [6, 6.07) is 13.6. The van der Waals surface area contributed by atoms with E-state index in [4.69, 9.17) is 4.74 Å². The summed E-state index contributed by atoms with van der Waals surface area (Å²) in [6.07, 6.45) is 0. The molecule has 1 N–H and O–H groups in total. The number of thiophene rings is 1. The minimum atomic E-state index is -0.141. The molecule has 0 radical (unpaired) electrons. The lowest BCUT2D eigenvalue weighted by molar-refractivity contribution is 0.246. The first-order chi connectivity index (χ1) is 14.7. The van der Waals surface area contributed by atoms with E-state index in [-0.39, 0.29) is 5.56 Å². The molecule has 8 nitrogen and oxygen atoms in total. The van der Waals surface area contributed by atoms with Crippen molar-refractivity contribution in [3.63, 3.8) is 0 Å². The van der Waals surface area contributed by atoms with Gasteiger partial charge in [-0.3, -0.25) is 14.8 Å². The van der Waals surface area contributed by atoms with Gasteiger partial charge in [-0.2, -0.15) is 9.50 Å². The van der Waals surface area contributed by atoms with Gasteiger partial charge >= 0.3 is 0 Å². The van der Waals surface area contributed by atoms with Crippen molar-refractivity contribution < 1.29 is 4.74 Å². The molecule has 1 fully saturated rings. The molecule has 4 heterocycles. The Balaban J connectivity index is 1.30. The molecular weight excluding hydrogens is 400 g/mol. The van der Waals surface area contributed by atoms with E-state index in [2.05, 4.69) is 30.9 Å². The van der Waals surface area contributed by atoms with E-state index in [1.807, 2.05) is 35.7 Å². The Hall–Kier alpha value is -3.17. The van der Waals surface area contributed by atoms with Crippen LogP contribution in [0.5, 0.6) is 5.75 Å². The molecule has 4 aromatic rings. The minimum absolute atomic E-state index is 0.141. The Morgan fingerprint density at radius 2 is 1.93 bits per heavy atom. The number of benzene rings is 1. The third-order valence-electron chi connectivity index (χ3n) is 5.32. The van der Waals surface area contributed by atoms with Gasteiger partial charge in [-0.1, -0.05) is 18.2 Å². The normalized spacial score (nSPS) is 15.0. The van der Waals surface area contributed by atoms with Gasteiger partial charge in [-0.15, -0.1) is 11.3 Å². The number of ether oxygens (including phenoxy) is 1. The largest absolute Gasteiger partial charge is 0.495 e. The average molecular weight is 423 g/mol. The predicted molar refractivity (Wildman–Crippen MR) is 117 cm³/mol. The highest BCUT2D eigenvalue weighted by atomic mass is 32.1. The maximum Gasteiger partial charge on any atom is 0.274 e. The van der Waals surface area contributed by atoms with Gasteiger partial charge in [-0.05, 0) is 23.6 Å². The Morgan fingerprint density at radius 3 is 2.70 bits per heavy atom. The van der Waals surface area contributed by atoms with Crippen LogP contribution in [-0.4, -0.2) is 57.8 Å². The summed E-state index contributed by atoms with van der Waals surface area (Å²) in [6.45, 7) is 4.20. The first-order valence-electron chi connectivity index (χ1n) is 9.84. The number of nitrogens with one attached hydrogen (secondary N) is 1. The van der Waals surface area contributed by atoms with Crippen molar-refractivity contribution in [3.05, 3.63) is 63.9 Å². The SMILES string of the molecule is COc1ccccc1N1CCN(Cc2cc(=O)n3[nH]c(-c4cccs4)nc3n2)CC1. The number of methoxy groups -OCH3 is 1. The summed E-state index contributed by atoms with van der Waals surface area (Å²) in [5.41, 5.74) is 1.73. The molecule has 0 bridgehead atoms. The first-order valence-corrected chi connectivity index (χ1v) is 10.7. The standard InChI is InChI=1S/C21H22N6O2S/c1-29-17-6-3-2-5-16(17)26-10-8-25(9-11-26)14-15-13-19(28)27-21(22-15)23-20(24-27)18-7-4-12-30-18/h2-7,12-13H,8-11,14H2,1H3,(H,22,23,24). The van der Waals surface area contributed by atoms with E-state index in [0.29, 0.717) is 18.1 Å². The van der Waals surface area contributed by atoms with Crippen LogP contribution in [0.15, 0.2) is 52.6 Å². The number of aromatic amines is 1. The van der Waals surface area contributed by atoms with E-state index in [1.54, 1.807) is 24.5 Å². The van der Waals surface area contributed by atoms with Crippen LogP contribution >= 0.6 is 11.3 Å².